The lowest BCUT2D eigenvalue weighted by Crippen LogP contribution is -2.35. The summed E-state index contributed by atoms with van der Waals surface area (Å²) in [4.78, 5) is 4.03. The predicted octanol–water partition coefficient (Wildman–Crippen LogP) is 3.20. The normalized spacial score (nSPS) is 19.3. The molecule has 2 N–H and O–H groups in total. The predicted molar refractivity (Wildman–Crippen MR) is 81.3 cm³/mol. The average molecular weight is 272 g/mol. The summed E-state index contributed by atoms with van der Waals surface area (Å²) in [5.74, 6) is 0. The first-order valence-corrected chi connectivity index (χ1v) is 7.81. The SMILES string of the molecule is NCCC1c2ccccc2CCN1Cc1cccs1. The van der Waals surface area contributed by atoms with Crippen molar-refractivity contribution in [1.29, 1.82) is 0 Å². The van der Waals surface area contributed by atoms with Gasteiger partial charge < -0.3 is 5.73 Å². The number of fused-ring (bicyclic) bond motifs is 1. The van der Waals surface area contributed by atoms with Crippen LogP contribution in [0.15, 0.2) is 41.8 Å². The Morgan fingerprint density at radius 2 is 2.11 bits per heavy atom. The standard InChI is InChI=1S/C16H20N2S/c17-9-7-16-15-6-2-1-4-13(15)8-10-18(16)12-14-5-3-11-19-14/h1-6,11,16H,7-10,12,17H2. The van der Waals surface area contributed by atoms with Crippen molar-refractivity contribution in [3.8, 4) is 0 Å². The summed E-state index contributed by atoms with van der Waals surface area (Å²) in [6, 6.07) is 13.7. The monoisotopic (exact) mass is 272 g/mol. The highest BCUT2D eigenvalue weighted by Gasteiger charge is 2.26. The third-order valence-corrected chi connectivity index (χ3v) is 4.76. The molecule has 1 aliphatic heterocycles. The lowest BCUT2D eigenvalue weighted by molar-refractivity contribution is 0.170. The zero-order chi connectivity index (χ0) is 13.1. The lowest BCUT2D eigenvalue weighted by atomic mass is 9.90. The van der Waals surface area contributed by atoms with Gasteiger partial charge in [0.05, 0.1) is 0 Å². The van der Waals surface area contributed by atoms with E-state index in [2.05, 4.69) is 46.7 Å². The maximum atomic E-state index is 5.83. The number of benzene rings is 1. The number of thiophene rings is 1. The van der Waals surface area contributed by atoms with Gasteiger partial charge in [-0.05, 0) is 42.0 Å². The van der Waals surface area contributed by atoms with Gasteiger partial charge in [-0.15, -0.1) is 11.3 Å². The van der Waals surface area contributed by atoms with Crippen LogP contribution < -0.4 is 5.73 Å². The number of nitrogens with zero attached hydrogens (tertiary/aromatic N) is 1. The minimum Gasteiger partial charge on any atom is -0.330 e. The summed E-state index contributed by atoms with van der Waals surface area (Å²) < 4.78 is 0. The highest BCUT2D eigenvalue weighted by atomic mass is 32.1. The Bertz CT molecular complexity index is 521. The molecule has 3 heteroatoms. The first-order chi connectivity index (χ1) is 9.38. The van der Waals surface area contributed by atoms with Gasteiger partial charge in [0.1, 0.15) is 0 Å². The fourth-order valence-corrected chi connectivity index (χ4v) is 3.72. The second kappa shape index (κ2) is 5.87. The Hall–Kier alpha value is -1.16. The Labute approximate surface area is 118 Å². The molecule has 0 saturated carbocycles. The first kappa shape index (κ1) is 12.9. The molecule has 0 fully saturated rings. The average Bonchev–Trinajstić information content (AvgIpc) is 2.94. The molecule has 1 aromatic heterocycles. The molecule has 1 aromatic carbocycles. The second-order valence-corrected chi connectivity index (χ2v) is 6.12. The minimum absolute atomic E-state index is 0.483. The van der Waals surface area contributed by atoms with E-state index in [1.165, 1.54) is 16.0 Å². The molecule has 0 spiro atoms. The van der Waals surface area contributed by atoms with Gasteiger partial charge in [0, 0.05) is 24.0 Å². The van der Waals surface area contributed by atoms with Crippen LogP contribution in [0.4, 0.5) is 0 Å². The summed E-state index contributed by atoms with van der Waals surface area (Å²) in [6.45, 7) is 2.94. The van der Waals surface area contributed by atoms with Crippen LogP contribution >= 0.6 is 11.3 Å². The van der Waals surface area contributed by atoms with E-state index in [4.69, 9.17) is 5.73 Å². The molecule has 3 rings (SSSR count). The zero-order valence-corrected chi connectivity index (χ0v) is 11.9. The Morgan fingerprint density at radius 1 is 1.21 bits per heavy atom. The zero-order valence-electron chi connectivity index (χ0n) is 11.1. The molecule has 0 saturated heterocycles. The van der Waals surface area contributed by atoms with Gasteiger partial charge in [-0.25, -0.2) is 0 Å². The lowest BCUT2D eigenvalue weighted by Gasteiger charge is -2.37. The fraction of sp³-hybridized carbons (Fsp3) is 0.375. The molecule has 19 heavy (non-hydrogen) atoms. The largest absolute Gasteiger partial charge is 0.330 e. The van der Waals surface area contributed by atoms with Crippen LogP contribution in [0.1, 0.15) is 28.5 Å². The topological polar surface area (TPSA) is 29.3 Å². The summed E-state index contributed by atoms with van der Waals surface area (Å²) in [5, 5.41) is 2.16. The Morgan fingerprint density at radius 3 is 2.89 bits per heavy atom. The van der Waals surface area contributed by atoms with Gasteiger partial charge in [-0.2, -0.15) is 0 Å². The van der Waals surface area contributed by atoms with Crippen LogP contribution in [0.25, 0.3) is 0 Å². The van der Waals surface area contributed by atoms with Crippen LogP contribution in [-0.4, -0.2) is 18.0 Å². The van der Waals surface area contributed by atoms with E-state index in [1.54, 1.807) is 0 Å². The van der Waals surface area contributed by atoms with Gasteiger partial charge >= 0.3 is 0 Å². The Balaban J connectivity index is 1.85. The highest BCUT2D eigenvalue weighted by Crippen LogP contribution is 2.33. The summed E-state index contributed by atoms with van der Waals surface area (Å²) in [6.07, 6.45) is 2.20. The molecule has 1 unspecified atom stereocenters. The molecule has 1 aliphatic rings. The van der Waals surface area contributed by atoms with Gasteiger partial charge in [0.2, 0.25) is 0 Å². The van der Waals surface area contributed by atoms with E-state index in [9.17, 15) is 0 Å². The van der Waals surface area contributed by atoms with Crippen LogP contribution in [0.2, 0.25) is 0 Å². The molecule has 2 nitrogen and oxygen atoms in total. The Kier molecular flexibility index (Phi) is 3.97. The summed E-state index contributed by atoms with van der Waals surface area (Å²) in [7, 11) is 0. The molecule has 2 heterocycles. The van der Waals surface area contributed by atoms with Crippen molar-refractivity contribution in [3.05, 3.63) is 57.8 Å². The molecule has 2 aromatic rings. The minimum atomic E-state index is 0.483. The van der Waals surface area contributed by atoms with Crippen molar-refractivity contribution in [3.63, 3.8) is 0 Å². The third kappa shape index (κ3) is 2.73. The molecule has 100 valence electrons. The van der Waals surface area contributed by atoms with Gasteiger partial charge in [0.15, 0.2) is 0 Å². The van der Waals surface area contributed by atoms with E-state index in [1.807, 2.05) is 11.3 Å². The second-order valence-electron chi connectivity index (χ2n) is 5.09. The molecular formula is C16H20N2S. The molecule has 0 bridgehead atoms. The summed E-state index contributed by atoms with van der Waals surface area (Å²) in [5.41, 5.74) is 8.81. The van der Waals surface area contributed by atoms with E-state index in [-0.39, 0.29) is 0 Å². The summed E-state index contributed by atoms with van der Waals surface area (Å²) >= 11 is 1.85. The smallest absolute Gasteiger partial charge is 0.0366 e. The van der Waals surface area contributed by atoms with Crippen molar-refractivity contribution in [2.75, 3.05) is 13.1 Å². The molecule has 0 amide bonds. The maximum absolute atomic E-state index is 5.83. The number of nitrogens with two attached hydrogens (primary N) is 1. The number of hydrogen-bond acceptors (Lipinski definition) is 3. The van der Waals surface area contributed by atoms with Crippen LogP contribution in [-0.2, 0) is 13.0 Å². The maximum Gasteiger partial charge on any atom is 0.0366 e. The molecular weight excluding hydrogens is 252 g/mol. The van der Waals surface area contributed by atoms with Gasteiger partial charge in [-0.1, -0.05) is 30.3 Å². The molecule has 0 aliphatic carbocycles. The number of hydrogen-bond donors (Lipinski definition) is 1. The van der Waals surface area contributed by atoms with Crippen molar-refractivity contribution in [2.45, 2.75) is 25.4 Å². The van der Waals surface area contributed by atoms with Gasteiger partial charge in [-0.3, -0.25) is 4.90 Å². The quantitative estimate of drug-likeness (QED) is 0.926. The highest BCUT2D eigenvalue weighted by molar-refractivity contribution is 7.09. The number of rotatable bonds is 4. The van der Waals surface area contributed by atoms with Crippen LogP contribution in [0.3, 0.4) is 0 Å². The van der Waals surface area contributed by atoms with E-state index >= 15 is 0 Å². The van der Waals surface area contributed by atoms with E-state index < -0.39 is 0 Å². The molecule has 1 atom stereocenters. The first-order valence-electron chi connectivity index (χ1n) is 6.93. The van der Waals surface area contributed by atoms with Crippen molar-refractivity contribution >= 4 is 11.3 Å². The van der Waals surface area contributed by atoms with Crippen molar-refractivity contribution in [2.24, 2.45) is 5.73 Å². The fourth-order valence-electron chi connectivity index (χ4n) is 2.99. The van der Waals surface area contributed by atoms with E-state index in [0.717, 1.165) is 32.5 Å². The van der Waals surface area contributed by atoms with E-state index in [0.29, 0.717) is 6.04 Å². The van der Waals surface area contributed by atoms with Crippen molar-refractivity contribution < 1.29 is 0 Å². The van der Waals surface area contributed by atoms with Crippen LogP contribution in [0.5, 0.6) is 0 Å². The third-order valence-electron chi connectivity index (χ3n) is 3.90. The molecule has 0 radical (unpaired) electrons. The van der Waals surface area contributed by atoms with Crippen LogP contribution in [0, 0.1) is 0 Å². The van der Waals surface area contributed by atoms with Crippen molar-refractivity contribution in [1.82, 2.24) is 4.90 Å². The van der Waals surface area contributed by atoms with Gasteiger partial charge in [0.25, 0.3) is 0 Å².